The van der Waals surface area contributed by atoms with Crippen LogP contribution in [0.1, 0.15) is 40.0 Å². The van der Waals surface area contributed by atoms with Crippen molar-refractivity contribution in [3.8, 4) is 6.07 Å². The van der Waals surface area contributed by atoms with Crippen LogP contribution in [0.25, 0.3) is 0 Å². The van der Waals surface area contributed by atoms with Gasteiger partial charge in [-0.2, -0.15) is 5.26 Å². The number of nitrogens with one attached hydrogen (secondary N) is 1. The summed E-state index contributed by atoms with van der Waals surface area (Å²) in [6.07, 6.45) is 3.68. The minimum Gasteiger partial charge on any atom is -0.306 e. The zero-order valence-electron chi connectivity index (χ0n) is 11.1. The maximum absolute atomic E-state index is 9.21. The Labute approximate surface area is 99.8 Å². The van der Waals surface area contributed by atoms with Crippen LogP contribution >= 0.6 is 0 Å². The van der Waals surface area contributed by atoms with Crippen LogP contribution in [-0.2, 0) is 0 Å². The molecule has 0 bridgehead atoms. The molecule has 1 unspecified atom stereocenters. The molecule has 1 atom stereocenters. The minimum absolute atomic E-state index is 0.360. The maximum atomic E-state index is 9.21. The van der Waals surface area contributed by atoms with Crippen molar-refractivity contribution < 1.29 is 0 Å². The molecule has 92 valence electrons. The van der Waals surface area contributed by atoms with E-state index >= 15 is 0 Å². The summed E-state index contributed by atoms with van der Waals surface area (Å²) >= 11 is 0. The molecule has 0 amide bonds. The van der Waals surface area contributed by atoms with Gasteiger partial charge in [-0.3, -0.25) is 5.32 Å². The summed E-state index contributed by atoms with van der Waals surface area (Å²) in [5.41, 5.74) is -0.383. The second kappa shape index (κ2) is 5.65. The fraction of sp³-hybridized carbons (Fsp3) is 0.923. The smallest absolute Gasteiger partial charge is 0.105 e. The van der Waals surface area contributed by atoms with Crippen molar-refractivity contribution in [1.29, 1.82) is 5.26 Å². The lowest BCUT2D eigenvalue weighted by atomic mass is 9.98. The van der Waals surface area contributed by atoms with Crippen LogP contribution < -0.4 is 5.32 Å². The van der Waals surface area contributed by atoms with Crippen LogP contribution in [0.2, 0.25) is 0 Å². The molecule has 1 fully saturated rings. The van der Waals surface area contributed by atoms with Gasteiger partial charge >= 0.3 is 0 Å². The van der Waals surface area contributed by atoms with Crippen molar-refractivity contribution in [2.24, 2.45) is 5.92 Å². The molecule has 16 heavy (non-hydrogen) atoms. The molecule has 0 heterocycles. The van der Waals surface area contributed by atoms with Gasteiger partial charge in [-0.1, -0.05) is 0 Å². The molecule has 0 aromatic heterocycles. The fourth-order valence-electron chi connectivity index (χ4n) is 2.04. The van der Waals surface area contributed by atoms with Crippen LogP contribution in [0.3, 0.4) is 0 Å². The van der Waals surface area contributed by atoms with Gasteiger partial charge in [0.25, 0.3) is 0 Å². The van der Waals surface area contributed by atoms with Crippen molar-refractivity contribution in [1.82, 2.24) is 10.2 Å². The Bertz CT molecular complexity index is 252. The van der Waals surface area contributed by atoms with E-state index < -0.39 is 0 Å². The fourth-order valence-corrected chi connectivity index (χ4v) is 2.04. The highest BCUT2D eigenvalue weighted by Crippen LogP contribution is 2.29. The zero-order chi connectivity index (χ0) is 12.2. The van der Waals surface area contributed by atoms with Gasteiger partial charge in [-0.15, -0.1) is 0 Å². The normalized spacial score (nSPS) is 19.8. The summed E-state index contributed by atoms with van der Waals surface area (Å²) in [4.78, 5) is 2.36. The van der Waals surface area contributed by atoms with Crippen LogP contribution in [0.4, 0.5) is 0 Å². The lowest BCUT2D eigenvalue weighted by Crippen LogP contribution is -2.47. The van der Waals surface area contributed by atoms with Crippen molar-refractivity contribution >= 4 is 0 Å². The van der Waals surface area contributed by atoms with Crippen LogP contribution in [0, 0.1) is 17.2 Å². The largest absolute Gasteiger partial charge is 0.306 e. The van der Waals surface area contributed by atoms with E-state index in [-0.39, 0.29) is 5.54 Å². The number of nitrogens with zero attached hydrogens (tertiary/aromatic N) is 2. The summed E-state index contributed by atoms with van der Waals surface area (Å²) < 4.78 is 0. The summed E-state index contributed by atoms with van der Waals surface area (Å²) in [6.45, 7) is 8.37. The predicted molar refractivity (Wildman–Crippen MR) is 67.1 cm³/mol. The van der Waals surface area contributed by atoms with E-state index in [1.165, 1.54) is 19.4 Å². The van der Waals surface area contributed by atoms with Crippen molar-refractivity contribution in [3.05, 3.63) is 0 Å². The Hall–Kier alpha value is -0.590. The first-order valence-electron chi connectivity index (χ1n) is 6.32. The molecule has 0 aliphatic heterocycles. The van der Waals surface area contributed by atoms with E-state index in [0.29, 0.717) is 6.04 Å². The Morgan fingerprint density at radius 3 is 2.56 bits per heavy atom. The highest BCUT2D eigenvalue weighted by atomic mass is 15.1. The highest BCUT2D eigenvalue weighted by molar-refractivity contribution is 5.04. The number of nitriles is 1. The third-order valence-electron chi connectivity index (χ3n) is 3.11. The number of hydrogen-bond acceptors (Lipinski definition) is 3. The van der Waals surface area contributed by atoms with Gasteiger partial charge < -0.3 is 4.90 Å². The molecule has 1 rings (SSSR count). The summed E-state index contributed by atoms with van der Waals surface area (Å²) in [6, 6.07) is 2.76. The summed E-state index contributed by atoms with van der Waals surface area (Å²) in [5, 5.41) is 12.6. The lowest BCUT2D eigenvalue weighted by Gasteiger charge is -2.28. The highest BCUT2D eigenvalue weighted by Gasteiger charge is 2.26. The third kappa shape index (κ3) is 4.96. The first-order chi connectivity index (χ1) is 7.45. The average molecular weight is 223 g/mol. The Balaban J connectivity index is 2.28. The average Bonchev–Trinajstić information content (AvgIpc) is 2.98. The molecular formula is C13H25N3. The van der Waals surface area contributed by atoms with Gasteiger partial charge in [0.2, 0.25) is 0 Å². The van der Waals surface area contributed by atoms with Gasteiger partial charge in [0.1, 0.15) is 5.54 Å². The van der Waals surface area contributed by atoms with Crippen molar-refractivity contribution in [2.75, 3.05) is 20.1 Å². The molecule has 0 radical (unpaired) electrons. The SMILES string of the molecule is CC(C)NC(C)(C#N)CCN(C)CC1CC1. The quantitative estimate of drug-likeness (QED) is 0.717. The minimum atomic E-state index is -0.383. The molecule has 0 spiro atoms. The molecule has 0 aromatic carbocycles. The maximum Gasteiger partial charge on any atom is 0.105 e. The molecule has 3 nitrogen and oxygen atoms in total. The van der Waals surface area contributed by atoms with Gasteiger partial charge in [-0.25, -0.2) is 0 Å². The van der Waals surface area contributed by atoms with Crippen LogP contribution in [0.15, 0.2) is 0 Å². The van der Waals surface area contributed by atoms with Gasteiger partial charge in [0, 0.05) is 19.1 Å². The first kappa shape index (κ1) is 13.5. The van der Waals surface area contributed by atoms with Crippen molar-refractivity contribution in [2.45, 2.75) is 51.6 Å². The third-order valence-corrected chi connectivity index (χ3v) is 3.11. The molecule has 0 aromatic rings. The molecule has 1 aliphatic carbocycles. The summed E-state index contributed by atoms with van der Waals surface area (Å²) in [5.74, 6) is 0.927. The Kier molecular flexibility index (Phi) is 4.76. The van der Waals surface area contributed by atoms with Gasteiger partial charge in [0.05, 0.1) is 6.07 Å². The van der Waals surface area contributed by atoms with E-state index in [1.54, 1.807) is 0 Å². The number of hydrogen-bond donors (Lipinski definition) is 1. The van der Waals surface area contributed by atoms with Crippen LogP contribution in [-0.4, -0.2) is 36.6 Å². The monoisotopic (exact) mass is 223 g/mol. The van der Waals surface area contributed by atoms with E-state index in [9.17, 15) is 5.26 Å². The van der Waals surface area contributed by atoms with E-state index in [1.807, 2.05) is 6.92 Å². The van der Waals surface area contributed by atoms with E-state index in [2.05, 4.69) is 37.2 Å². The summed E-state index contributed by atoms with van der Waals surface area (Å²) in [7, 11) is 2.16. The molecular weight excluding hydrogens is 198 g/mol. The predicted octanol–water partition coefficient (Wildman–Crippen LogP) is 2.00. The molecule has 0 saturated heterocycles. The second-order valence-corrected chi connectivity index (χ2v) is 5.70. The zero-order valence-corrected chi connectivity index (χ0v) is 11.1. The number of rotatable bonds is 7. The Morgan fingerprint density at radius 2 is 2.12 bits per heavy atom. The van der Waals surface area contributed by atoms with Gasteiger partial charge in [0.15, 0.2) is 0 Å². The van der Waals surface area contributed by atoms with Crippen molar-refractivity contribution in [3.63, 3.8) is 0 Å². The lowest BCUT2D eigenvalue weighted by molar-refractivity contribution is 0.272. The van der Waals surface area contributed by atoms with Crippen LogP contribution in [0.5, 0.6) is 0 Å². The standard InChI is InChI=1S/C13H25N3/c1-11(2)15-13(3,10-14)7-8-16(4)9-12-5-6-12/h11-12,15H,5-9H2,1-4H3. The molecule has 3 heteroatoms. The van der Waals surface area contributed by atoms with Gasteiger partial charge in [-0.05, 0) is 53.0 Å². The first-order valence-corrected chi connectivity index (χ1v) is 6.32. The second-order valence-electron chi connectivity index (χ2n) is 5.70. The van der Waals surface area contributed by atoms with E-state index in [4.69, 9.17) is 0 Å². The van der Waals surface area contributed by atoms with E-state index in [0.717, 1.165) is 18.9 Å². The molecule has 1 N–H and O–H groups in total. The Morgan fingerprint density at radius 1 is 1.50 bits per heavy atom. The topological polar surface area (TPSA) is 39.1 Å². The molecule has 1 saturated carbocycles. The molecule has 1 aliphatic rings.